The zero-order chi connectivity index (χ0) is 14.0. The van der Waals surface area contributed by atoms with Crippen LogP contribution in [0.1, 0.15) is 25.5 Å². The molecular weight excluding hydrogens is 238 g/mol. The van der Waals surface area contributed by atoms with E-state index in [0.717, 1.165) is 18.7 Å². The second kappa shape index (κ2) is 5.90. The molecule has 19 heavy (non-hydrogen) atoms. The number of hydrogen-bond donors (Lipinski definition) is 2. The molecule has 2 rings (SSSR count). The first-order valence-electron chi connectivity index (χ1n) is 6.95. The second-order valence-electron chi connectivity index (χ2n) is 5.73. The maximum Gasteiger partial charge on any atom is 0.0936 e. The Morgan fingerprint density at radius 2 is 1.84 bits per heavy atom. The third-order valence-corrected chi connectivity index (χ3v) is 4.22. The third kappa shape index (κ3) is 3.26. The van der Waals surface area contributed by atoms with Gasteiger partial charge in [0.25, 0.3) is 0 Å². The first-order chi connectivity index (χ1) is 8.99. The van der Waals surface area contributed by atoms with Crippen LogP contribution in [0.2, 0.25) is 0 Å². The SMILES string of the molecule is CC1CN(CC(O)c2ccccc2N)CC(C)N1C. The number of hydrogen-bond acceptors (Lipinski definition) is 4. The van der Waals surface area contributed by atoms with E-state index in [4.69, 9.17) is 5.73 Å². The highest BCUT2D eigenvalue weighted by molar-refractivity contribution is 5.47. The Labute approximate surface area is 115 Å². The average Bonchev–Trinajstić information content (AvgIpc) is 2.36. The Balaban J connectivity index is 2.00. The van der Waals surface area contributed by atoms with Crippen molar-refractivity contribution in [3.05, 3.63) is 29.8 Å². The maximum atomic E-state index is 10.4. The van der Waals surface area contributed by atoms with Crippen molar-refractivity contribution in [3.63, 3.8) is 0 Å². The van der Waals surface area contributed by atoms with Gasteiger partial charge < -0.3 is 10.8 Å². The number of likely N-dealkylation sites (N-methyl/N-ethyl adjacent to an activating group) is 1. The lowest BCUT2D eigenvalue weighted by molar-refractivity contribution is 0.0283. The molecule has 1 aliphatic heterocycles. The molecule has 4 heteroatoms. The first kappa shape index (κ1) is 14.3. The smallest absolute Gasteiger partial charge is 0.0936 e. The number of nitrogens with two attached hydrogens (primary N) is 1. The maximum absolute atomic E-state index is 10.4. The Bertz CT molecular complexity index is 412. The van der Waals surface area contributed by atoms with Gasteiger partial charge in [0.2, 0.25) is 0 Å². The van der Waals surface area contributed by atoms with Gasteiger partial charge >= 0.3 is 0 Å². The van der Waals surface area contributed by atoms with Crippen molar-refractivity contribution in [3.8, 4) is 0 Å². The Kier molecular flexibility index (Phi) is 4.45. The van der Waals surface area contributed by atoms with Crippen molar-refractivity contribution in [1.82, 2.24) is 9.80 Å². The minimum absolute atomic E-state index is 0.510. The van der Waals surface area contributed by atoms with Crippen molar-refractivity contribution in [2.75, 3.05) is 32.4 Å². The van der Waals surface area contributed by atoms with Crippen LogP contribution in [0.15, 0.2) is 24.3 Å². The van der Waals surface area contributed by atoms with E-state index in [0.29, 0.717) is 24.3 Å². The van der Waals surface area contributed by atoms with Gasteiger partial charge in [0, 0.05) is 43.0 Å². The number of aliphatic hydroxyl groups is 1. The fraction of sp³-hybridized carbons (Fsp3) is 0.600. The molecule has 3 unspecified atom stereocenters. The van der Waals surface area contributed by atoms with Gasteiger partial charge in [-0.3, -0.25) is 9.80 Å². The van der Waals surface area contributed by atoms with Crippen LogP contribution in [-0.4, -0.2) is 53.7 Å². The normalized spacial score (nSPS) is 27.4. The highest BCUT2D eigenvalue weighted by Crippen LogP contribution is 2.22. The molecule has 1 aromatic rings. The topological polar surface area (TPSA) is 52.7 Å². The molecule has 0 radical (unpaired) electrons. The molecule has 0 saturated carbocycles. The van der Waals surface area contributed by atoms with Crippen LogP contribution in [0.3, 0.4) is 0 Å². The molecule has 1 saturated heterocycles. The van der Waals surface area contributed by atoms with E-state index in [1.54, 1.807) is 0 Å². The molecule has 0 aliphatic carbocycles. The molecule has 1 aromatic carbocycles. The Hall–Kier alpha value is -1.10. The Morgan fingerprint density at radius 3 is 2.42 bits per heavy atom. The van der Waals surface area contributed by atoms with Crippen LogP contribution in [0.4, 0.5) is 5.69 Å². The number of nitrogen functional groups attached to an aromatic ring is 1. The van der Waals surface area contributed by atoms with Gasteiger partial charge in [0.05, 0.1) is 6.10 Å². The van der Waals surface area contributed by atoms with Crippen LogP contribution in [0, 0.1) is 0 Å². The molecule has 1 aliphatic rings. The summed E-state index contributed by atoms with van der Waals surface area (Å²) in [5.41, 5.74) is 7.42. The predicted molar refractivity (Wildman–Crippen MR) is 78.9 cm³/mol. The summed E-state index contributed by atoms with van der Waals surface area (Å²) in [4.78, 5) is 4.71. The standard InChI is InChI=1S/C15H25N3O/c1-11-8-18(9-12(2)17(11)3)10-15(19)13-6-4-5-7-14(13)16/h4-7,11-12,15,19H,8-10,16H2,1-3H3. The lowest BCUT2D eigenvalue weighted by Gasteiger charge is -2.43. The summed E-state index contributed by atoms with van der Waals surface area (Å²) in [7, 11) is 2.16. The van der Waals surface area contributed by atoms with E-state index in [-0.39, 0.29) is 0 Å². The minimum atomic E-state index is -0.510. The van der Waals surface area contributed by atoms with Crippen molar-refractivity contribution in [1.29, 1.82) is 0 Å². The zero-order valence-corrected chi connectivity index (χ0v) is 12.1. The first-order valence-corrected chi connectivity index (χ1v) is 6.95. The van der Waals surface area contributed by atoms with E-state index < -0.39 is 6.10 Å². The highest BCUT2D eigenvalue weighted by Gasteiger charge is 2.27. The van der Waals surface area contributed by atoms with Crippen LogP contribution in [0.5, 0.6) is 0 Å². The number of piperazine rings is 1. The van der Waals surface area contributed by atoms with Gasteiger partial charge in [-0.15, -0.1) is 0 Å². The van der Waals surface area contributed by atoms with Crippen LogP contribution in [-0.2, 0) is 0 Å². The van der Waals surface area contributed by atoms with Crippen LogP contribution in [0.25, 0.3) is 0 Å². The lowest BCUT2D eigenvalue weighted by Crippen LogP contribution is -2.55. The molecule has 0 spiro atoms. The van der Waals surface area contributed by atoms with Crippen LogP contribution < -0.4 is 5.73 Å². The average molecular weight is 263 g/mol. The van der Waals surface area contributed by atoms with Gasteiger partial charge in [-0.1, -0.05) is 18.2 Å². The lowest BCUT2D eigenvalue weighted by atomic mass is 10.0. The van der Waals surface area contributed by atoms with Crippen molar-refractivity contribution >= 4 is 5.69 Å². The molecule has 1 heterocycles. The Morgan fingerprint density at radius 1 is 1.26 bits per heavy atom. The third-order valence-electron chi connectivity index (χ3n) is 4.22. The molecule has 106 valence electrons. The number of nitrogens with zero attached hydrogens (tertiary/aromatic N) is 2. The van der Waals surface area contributed by atoms with Gasteiger partial charge in [-0.05, 0) is 27.0 Å². The van der Waals surface area contributed by atoms with Crippen molar-refractivity contribution in [2.24, 2.45) is 0 Å². The number of aliphatic hydroxyl groups excluding tert-OH is 1. The summed E-state index contributed by atoms with van der Waals surface area (Å²) >= 11 is 0. The predicted octanol–water partition coefficient (Wildman–Crippen LogP) is 1.33. The van der Waals surface area contributed by atoms with E-state index in [2.05, 4.69) is 30.7 Å². The summed E-state index contributed by atoms with van der Waals surface area (Å²) in [6.07, 6.45) is -0.510. The monoisotopic (exact) mass is 263 g/mol. The van der Waals surface area contributed by atoms with Gasteiger partial charge in [-0.2, -0.15) is 0 Å². The second-order valence-corrected chi connectivity index (χ2v) is 5.73. The number of rotatable bonds is 3. The van der Waals surface area contributed by atoms with Crippen molar-refractivity contribution in [2.45, 2.75) is 32.0 Å². The van der Waals surface area contributed by atoms with Gasteiger partial charge in [0.1, 0.15) is 0 Å². The van der Waals surface area contributed by atoms with E-state index >= 15 is 0 Å². The summed E-state index contributed by atoms with van der Waals surface area (Å²) < 4.78 is 0. The fourth-order valence-electron chi connectivity index (χ4n) is 2.82. The number of β-amino-alcohol motifs (C(OH)–C–C–N with tert-alkyl or cyclic N) is 1. The zero-order valence-electron chi connectivity index (χ0n) is 12.1. The number of para-hydroxylation sites is 1. The molecule has 4 nitrogen and oxygen atoms in total. The summed E-state index contributed by atoms with van der Waals surface area (Å²) in [5.74, 6) is 0. The molecule has 0 amide bonds. The highest BCUT2D eigenvalue weighted by atomic mass is 16.3. The van der Waals surface area contributed by atoms with E-state index in [9.17, 15) is 5.11 Å². The quantitative estimate of drug-likeness (QED) is 0.808. The molecule has 1 fully saturated rings. The summed E-state index contributed by atoms with van der Waals surface area (Å²) in [6.45, 7) is 7.09. The van der Waals surface area contributed by atoms with E-state index in [1.165, 1.54) is 0 Å². The fourth-order valence-corrected chi connectivity index (χ4v) is 2.82. The minimum Gasteiger partial charge on any atom is -0.398 e. The van der Waals surface area contributed by atoms with Gasteiger partial charge in [-0.25, -0.2) is 0 Å². The molecule has 3 atom stereocenters. The molecule has 3 N–H and O–H groups in total. The molecule has 0 aromatic heterocycles. The number of anilines is 1. The van der Waals surface area contributed by atoms with Gasteiger partial charge in [0.15, 0.2) is 0 Å². The van der Waals surface area contributed by atoms with Crippen LogP contribution >= 0.6 is 0 Å². The number of benzene rings is 1. The van der Waals surface area contributed by atoms with Crippen molar-refractivity contribution < 1.29 is 5.11 Å². The van der Waals surface area contributed by atoms with E-state index in [1.807, 2.05) is 24.3 Å². The molecule has 0 bridgehead atoms. The molecular formula is C15H25N3O. The summed E-state index contributed by atoms with van der Waals surface area (Å²) in [5, 5.41) is 10.4. The summed E-state index contributed by atoms with van der Waals surface area (Å²) in [6, 6.07) is 8.60. The largest absolute Gasteiger partial charge is 0.398 e.